The summed E-state index contributed by atoms with van der Waals surface area (Å²) in [5.41, 5.74) is 3.35. The van der Waals surface area contributed by atoms with Crippen molar-refractivity contribution in [2.45, 2.75) is 13.8 Å². The number of aryl methyl sites for hydroxylation is 1. The van der Waals surface area contributed by atoms with E-state index in [1.54, 1.807) is 42.5 Å². The Labute approximate surface area is 192 Å². The van der Waals surface area contributed by atoms with Gasteiger partial charge in [0, 0.05) is 43.8 Å². The maximum atomic E-state index is 13.6. The number of benzene rings is 2. The molecule has 2 aliphatic rings. The van der Waals surface area contributed by atoms with Gasteiger partial charge in [-0.3, -0.25) is 14.4 Å². The Bertz CT molecular complexity index is 1120. The predicted octanol–water partition coefficient (Wildman–Crippen LogP) is 3.14. The highest BCUT2D eigenvalue weighted by Crippen LogP contribution is 2.37. The van der Waals surface area contributed by atoms with Crippen LogP contribution in [-0.4, -0.2) is 60.7 Å². The molecule has 1 fully saturated rings. The molecule has 8 heteroatoms. The van der Waals surface area contributed by atoms with Gasteiger partial charge in [-0.1, -0.05) is 23.7 Å². The Morgan fingerprint density at radius 1 is 0.969 bits per heavy atom. The lowest BCUT2D eigenvalue weighted by Gasteiger charge is -2.34. The number of likely N-dealkylation sites (N-methyl/N-ethyl adjacent to an activating group) is 1. The topological polar surface area (TPSA) is 73.0 Å². The number of carbonyl (C=O) groups excluding carboxylic acids is 3. The molecule has 0 radical (unpaired) electrons. The van der Waals surface area contributed by atoms with Gasteiger partial charge < -0.3 is 15.1 Å². The largest absolute Gasteiger partial charge is 0.364 e. The molecule has 2 aliphatic heterocycles. The quantitative estimate of drug-likeness (QED) is 0.721. The number of imide groups is 1. The van der Waals surface area contributed by atoms with Gasteiger partial charge in [0.15, 0.2) is 0 Å². The summed E-state index contributed by atoms with van der Waals surface area (Å²) in [7, 11) is 2.04. The van der Waals surface area contributed by atoms with Crippen LogP contribution in [0.3, 0.4) is 0 Å². The summed E-state index contributed by atoms with van der Waals surface area (Å²) >= 11 is 6.09. The molecule has 0 bridgehead atoms. The van der Waals surface area contributed by atoms with Crippen LogP contribution >= 0.6 is 11.6 Å². The second-order valence-corrected chi connectivity index (χ2v) is 8.59. The van der Waals surface area contributed by atoms with Crippen molar-refractivity contribution in [3.63, 3.8) is 0 Å². The van der Waals surface area contributed by atoms with Crippen molar-refractivity contribution in [3.05, 3.63) is 64.3 Å². The molecule has 0 aliphatic carbocycles. The first-order valence-corrected chi connectivity index (χ1v) is 10.8. The summed E-state index contributed by atoms with van der Waals surface area (Å²) in [6, 6.07) is 12.1. The molecule has 0 spiro atoms. The normalized spacial score (nSPS) is 17.4. The third kappa shape index (κ3) is 4.13. The van der Waals surface area contributed by atoms with E-state index < -0.39 is 0 Å². The second kappa shape index (κ2) is 8.76. The maximum absolute atomic E-state index is 13.6. The molecule has 0 atom stereocenters. The van der Waals surface area contributed by atoms with Crippen LogP contribution in [0.5, 0.6) is 0 Å². The third-order valence-electron chi connectivity index (χ3n) is 5.77. The smallest absolute Gasteiger partial charge is 0.282 e. The van der Waals surface area contributed by atoms with E-state index in [4.69, 9.17) is 11.6 Å². The van der Waals surface area contributed by atoms with E-state index in [0.717, 1.165) is 18.7 Å². The van der Waals surface area contributed by atoms with Crippen molar-refractivity contribution in [1.82, 2.24) is 9.80 Å². The lowest BCUT2D eigenvalue weighted by Crippen LogP contribution is -2.46. The van der Waals surface area contributed by atoms with Gasteiger partial charge in [-0.05, 0) is 55.4 Å². The zero-order valence-corrected chi connectivity index (χ0v) is 19.1. The first kappa shape index (κ1) is 22.0. The lowest BCUT2D eigenvalue weighted by molar-refractivity contribution is -0.121. The molecule has 1 saturated heterocycles. The van der Waals surface area contributed by atoms with E-state index >= 15 is 0 Å². The summed E-state index contributed by atoms with van der Waals surface area (Å²) in [6.07, 6.45) is 0. The van der Waals surface area contributed by atoms with Crippen molar-refractivity contribution in [2.75, 3.05) is 43.4 Å². The molecule has 2 aromatic rings. The van der Waals surface area contributed by atoms with Crippen molar-refractivity contribution < 1.29 is 14.4 Å². The Morgan fingerprint density at radius 3 is 2.22 bits per heavy atom. The number of piperazine rings is 1. The van der Waals surface area contributed by atoms with Gasteiger partial charge in [-0.2, -0.15) is 0 Å². The van der Waals surface area contributed by atoms with Gasteiger partial charge in [-0.25, -0.2) is 4.90 Å². The average molecular weight is 453 g/mol. The van der Waals surface area contributed by atoms with Crippen LogP contribution < -0.4 is 10.2 Å². The predicted molar refractivity (Wildman–Crippen MR) is 125 cm³/mol. The van der Waals surface area contributed by atoms with Crippen molar-refractivity contribution in [1.29, 1.82) is 0 Å². The number of anilines is 2. The van der Waals surface area contributed by atoms with Crippen LogP contribution in [0.2, 0.25) is 5.02 Å². The molecule has 32 heavy (non-hydrogen) atoms. The number of rotatable bonds is 4. The molecular formula is C24H25ClN4O3. The molecule has 3 amide bonds. The molecular weight excluding hydrogens is 428 g/mol. The summed E-state index contributed by atoms with van der Waals surface area (Å²) in [5, 5.41) is 3.27. The van der Waals surface area contributed by atoms with Crippen LogP contribution in [0, 0.1) is 6.92 Å². The Kier molecular flexibility index (Phi) is 6.04. The maximum Gasteiger partial charge on any atom is 0.282 e. The van der Waals surface area contributed by atoms with Gasteiger partial charge >= 0.3 is 0 Å². The zero-order chi connectivity index (χ0) is 23.0. The van der Waals surface area contributed by atoms with Crippen LogP contribution in [-0.2, 0) is 14.4 Å². The van der Waals surface area contributed by atoms with Crippen molar-refractivity contribution in [2.24, 2.45) is 0 Å². The van der Waals surface area contributed by atoms with Gasteiger partial charge in [0.1, 0.15) is 5.70 Å². The number of nitrogens with zero attached hydrogens (tertiary/aromatic N) is 3. The monoisotopic (exact) mass is 452 g/mol. The van der Waals surface area contributed by atoms with Crippen LogP contribution in [0.25, 0.3) is 5.57 Å². The van der Waals surface area contributed by atoms with E-state index in [1.807, 2.05) is 18.9 Å². The first-order chi connectivity index (χ1) is 15.3. The van der Waals surface area contributed by atoms with E-state index in [0.29, 0.717) is 46.3 Å². The molecule has 166 valence electrons. The highest BCUT2D eigenvalue weighted by atomic mass is 35.5. The van der Waals surface area contributed by atoms with E-state index in [9.17, 15) is 14.4 Å². The molecule has 2 aromatic carbocycles. The van der Waals surface area contributed by atoms with Gasteiger partial charge in [-0.15, -0.1) is 0 Å². The van der Waals surface area contributed by atoms with Gasteiger partial charge in [0.25, 0.3) is 11.8 Å². The standard InChI is InChI=1S/C24H25ClN4O3/c1-15-14-18(25)6-9-20(15)29-23(31)21(17-4-7-19(8-5-17)26-16(2)30)22(24(29)32)28-12-10-27(3)11-13-28/h4-9,14H,10-13H2,1-3H3,(H,26,30). The molecule has 1 N–H and O–H groups in total. The number of hydrogen-bond acceptors (Lipinski definition) is 5. The summed E-state index contributed by atoms with van der Waals surface area (Å²) < 4.78 is 0. The average Bonchev–Trinajstić information content (AvgIpc) is 2.99. The highest BCUT2D eigenvalue weighted by Gasteiger charge is 2.43. The minimum Gasteiger partial charge on any atom is -0.364 e. The first-order valence-electron chi connectivity index (χ1n) is 10.5. The Hall–Kier alpha value is -3.16. The van der Waals surface area contributed by atoms with Crippen LogP contribution in [0.15, 0.2) is 48.2 Å². The van der Waals surface area contributed by atoms with Gasteiger partial charge in [0.2, 0.25) is 5.91 Å². The number of amides is 3. The van der Waals surface area contributed by atoms with Crippen LogP contribution in [0.1, 0.15) is 18.1 Å². The number of hydrogen-bond donors (Lipinski definition) is 1. The number of nitrogens with one attached hydrogen (secondary N) is 1. The Morgan fingerprint density at radius 2 is 1.62 bits per heavy atom. The molecule has 0 unspecified atom stereocenters. The van der Waals surface area contributed by atoms with Crippen molar-refractivity contribution >= 4 is 46.3 Å². The second-order valence-electron chi connectivity index (χ2n) is 8.15. The fourth-order valence-electron chi connectivity index (χ4n) is 4.11. The lowest BCUT2D eigenvalue weighted by atomic mass is 10.0. The fourth-order valence-corrected chi connectivity index (χ4v) is 4.34. The minimum absolute atomic E-state index is 0.174. The molecule has 2 heterocycles. The molecule has 0 aromatic heterocycles. The summed E-state index contributed by atoms with van der Waals surface area (Å²) in [6.45, 7) is 6.20. The van der Waals surface area contributed by atoms with E-state index in [-0.39, 0.29) is 17.7 Å². The highest BCUT2D eigenvalue weighted by molar-refractivity contribution is 6.45. The number of halogens is 1. The Balaban J connectivity index is 1.78. The summed E-state index contributed by atoms with van der Waals surface area (Å²) in [5.74, 6) is -0.862. The van der Waals surface area contributed by atoms with Crippen molar-refractivity contribution in [3.8, 4) is 0 Å². The fraction of sp³-hybridized carbons (Fsp3) is 0.292. The third-order valence-corrected chi connectivity index (χ3v) is 6.01. The van der Waals surface area contributed by atoms with Gasteiger partial charge in [0.05, 0.1) is 11.3 Å². The minimum atomic E-state index is -0.360. The number of carbonyl (C=O) groups is 3. The molecule has 0 saturated carbocycles. The summed E-state index contributed by atoms with van der Waals surface area (Å²) in [4.78, 5) is 44.1. The van der Waals surface area contributed by atoms with E-state index in [1.165, 1.54) is 11.8 Å². The molecule has 4 rings (SSSR count). The van der Waals surface area contributed by atoms with Crippen LogP contribution in [0.4, 0.5) is 11.4 Å². The zero-order valence-electron chi connectivity index (χ0n) is 18.3. The van der Waals surface area contributed by atoms with E-state index in [2.05, 4.69) is 10.2 Å². The SMILES string of the molecule is CC(=O)Nc1ccc(C2=C(N3CCN(C)CC3)C(=O)N(c3ccc(Cl)cc3C)C2=O)cc1. The molecule has 7 nitrogen and oxygen atoms in total.